The van der Waals surface area contributed by atoms with E-state index in [1.807, 2.05) is 24.3 Å². The van der Waals surface area contributed by atoms with E-state index in [0.717, 1.165) is 49.7 Å². The topological polar surface area (TPSA) is 105 Å². The van der Waals surface area contributed by atoms with Crippen molar-refractivity contribution in [3.05, 3.63) is 64.5 Å². The molecule has 2 aromatic carbocycles. The van der Waals surface area contributed by atoms with E-state index in [9.17, 15) is 9.59 Å². The predicted molar refractivity (Wildman–Crippen MR) is 122 cm³/mol. The zero-order chi connectivity index (χ0) is 22.1. The third-order valence-corrected chi connectivity index (χ3v) is 5.65. The normalized spacial score (nSPS) is 14.8. The average Bonchev–Trinajstić information content (AvgIpc) is 3.19. The highest BCUT2D eigenvalue weighted by Crippen LogP contribution is 2.18. The molecule has 1 fully saturated rings. The van der Waals surface area contributed by atoms with Crippen LogP contribution in [0.3, 0.4) is 0 Å². The Morgan fingerprint density at radius 2 is 1.94 bits per heavy atom. The molecule has 0 bridgehead atoms. The molecule has 1 amide bonds. The summed E-state index contributed by atoms with van der Waals surface area (Å²) in [7, 11) is 0. The first-order valence-corrected chi connectivity index (χ1v) is 10.6. The van der Waals surface area contributed by atoms with Crippen molar-refractivity contribution in [2.75, 3.05) is 31.6 Å². The molecule has 0 aliphatic carbocycles. The number of carbonyl (C=O) groups is 1. The highest BCUT2D eigenvalue weighted by atomic mass is 16.5. The van der Waals surface area contributed by atoms with Crippen molar-refractivity contribution in [2.45, 2.75) is 20.0 Å². The lowest BCUT2D eigenvalue weighted by Gasteiger charge is -2.25. The molecule has 0 unspecified atom stereocenters. The van der Waals surface area contributed by atoms with Gasteiger partial charge in [0.15, 0.2) is 0 Å². The summed E-state index contributed by atoms with van der Waals surface area (Å²) in [5.74, 6) is 1.09. The molecule has 1 saturated heterocycles. The van der Waals surface area contributed by atoms with Crippen LogP contribution in [0.2, 0.25) is 0 Å². The van der Waals surface area contributed by atoms with E-state index in [4.69, 9.17) is 4.74 Å². The minimum atomic E-state index is -0.292. The molecule has 3 heterocycles. The Labute approximate surface area is 184 Å². The number of morpholine rings is 1. The number of imidazole rings is 1. The van der Waals surface area contributed by atoms with Gasteiger partial charge in [0, 0.05) is 18.8 Å². The summed E-state index contributed by atoms with van der Waals surface area (Å²) >= 11 is 0. The zero-order valence-corrected chi connectivity index (χ0v) is 17.8. The van der Waals surface area contributed by atoms with E-state index in [-0.39, 0.29) is 18.0 Å². The van der Waals surface area contributed by atoms with Crippen molar-refractivity contribution in [2.24, 2.45) is 0 Å². The van der Waals surface area contributed by atoms with Crippen LogP contribution in [0.25, 0.3) is 21.9 Å². The Balaban J connectivity index is 1.31. The van der Waals surface area contributed by atoms with Crippen LogP contribution in [0.4, 0.5) is 5.69 Å². The van der Waals surface area contributed by atoms with Crippen LogP contribution >= 0.6 is 0 Å². The molecule has 1 aliphatic rings. The number of hydrogen-bond acceptors (Lipinski definition) is 6. The van der Waals surface area contributed by atoms with E-state index in [1.54, 1.807) is 25.1 Å². The number of para-hydroxylation sites is 1. The number of rotatable bonds is 5. The molecule has 4 aromatic rings. The number of aromatic amines is 1. The molecule has 0 radical (unpaired) electrons. The van der Waals surface area contributed by atoms with Crippen LogP contribution in [-0.4, -0.2) is 56.6 Å². The molecule has 9 heteroatoms. The second-order valence-electron chi connectivity index (χ2n) is 7.92. The van der Waals surface area contributed by atoms with E-state index in [1.165, 1.54) is 4.57 Å². The summed E-state index contributed by atoms with van der Waals surface area (Å²) in [4.78, 5) is 40.2. The standard InChI is InChI=1S/C23H24N6O3/c1-15-24-18-5-3-2-4-17(18)23(31)29(15)14-22(30)25-16-6-7-19-20(12-16)27-21(26-19)13-28-8-10-32-11-9-28/h2-7,12H,8-11,13-14H2,1H3,(H,25,30)(H,26,27). The predicted octanol–water partition coefficient (Wildman–Crippen LogP) is 2.05. The average molecular weight is 432 g/mol. The van der Waals surface area contributed by atoms with E-state index < -0.39 is 0 Å². The highest BCUT2D eigenvalue weighted by molar-refractivity contribution is 5.93. The Kier molecular flexibility index (Phi) is 5.42. The van der Waals surface area contributed by atoms with Crippen molar-refractivity contribution in [1.29, 1.82) is 0 Å². The number of aromatic nitrogens is 4. The fourth-order valence-corrected chi connectivity index (χ4v) is 4.00. The van der Waals surface area contributed by atoms with Crippen molar-refractivity contribution in [3.8, 4) is 0 Å². The summed E-state index contributed by atoms with van der Waals surface area (Å²) in [5.41, 5.74) is 2.75. The zero-order valence-electron chi connectivity index (χ0n) is 17.8. The molecular weight excluding hydrogens is 408 g/mol. The first-order valence-electron chi connectivity index (χ1n) is 10.6. The number of amides is 1. The number of ether oxygens (including phenoxy) is 1. The fourth-order valence-electron chi connectivity index (χ4n) is 4.00. The Bertz CT molecular complexity index is 1350. The number of benzene rings is 2. The smallest absolute Gasteiger partial charge is 0.261 e. The number of fused-ring (bicyclic) bond motifs is 2. The largest absolute Gasteiger partial charge is 0.379 e. The molecule has 0 spiro atoms. The van der Waals surface area contributed by atoms with Gasteiger partial charge in [-0.3, -0.25) is 19.1 Å². The molecule has 0 saturated carbocycles. The van der Waals surface area contributed by atoms with Gasteiger partial charge in [-0.1, -0.05) is 12.1 Å². The summed E-state index contributed by atoms with van der Waals surface area (Å²) in [6, 6.07) is 12.7. The number of aryl methyl sites for hydroxylation is 1. The number of anilines is 1. The van der Waals surface area contributed by atoms with Crippen LogP contribution < -0.4 is 10.9 Å². The number of carbonyl (C=O) groups excluding carboxylic acids is 1. The van der Waals surface area contributed by atoms with Crippen molar-refractivity contribution in [1.82, 2.24) is 24.4 Å². The van der Waals surface area contributed by atoms with Crippen LogP contribution in [0.5, 0.6) is 0 Å². The van der Waals surface area contributed by atoms with Gasteiger partial charge in [-0.2, -0.15) is 0 Å². The van der Waals surface area contributed by atoms with E-state index in [0.29, 0.717) is 22.4 Å². The summed E-state index contributed by atoms with van der Waals surface area (Å²) < 4.78 is 6.79. The lowest BCUT2D eigenvalue weighted by molar-refractivity contribution is -0.116. The van der Waals surface area contributed by atoms with Gasteiger partial charge in [0.25, 0.3) is 5.56 Å². The Hall–Kier alpha value is -3.56. The minimum absolute atomic E-state index is 0.105. The third-order valence-electron chi connectivity index (χ3n) is 5.65. The second kappa shape index (κ2) is 8.52. The Morgan fingerprint density at radius 1 is 1.12 bits per heavy atom. The van der Waals surface area contributed by atoms with E-state index >= 15 is 0 Å². The van der Waals surface area contributed by atoms with Crippen molar-refractivity contribution in [3.63, 3.8) is 0 Å². The number of hydrogen-bond donors (Lipinski definition) is 2. The molecular formula is C23H24N6O3. The number of nitrogens with zero attached hydrogens (tertiary/aromatic N) is 4. The fraction of sp³-hybridized carbons (Fsp3) is 0.304. The molecule has 164 valence electrons. The highest BCUT2D eigenvalue weighted by Gasteiger charge is 2.14. The molecule has 32 heavy (non-hydrogen) atoms. The van der Waals surface area contributed by atoms with Gasteiger partial charge < -0.3 is 15.0 Å². The molecule has 2 N–H and O–H groups in total. The number of H-pyrrole nitrogens is 1. The van der Waals surface area contributed by atoms with E-state index in [2.05, 4.69) is 25.2 Å². The van der Waals surface area contributed by atoms with Gasteiger partial charge in [-0.25, -0.2) is 9.97 Å². The van der Waals surface area contributed by atoms with Crippen LogP contribution in [0, 0.1) is 6.92 Å². The lowest BCUT2D eigenvalue weighted by atomic mass is 10.2. The van der Waals surface area contributed by atoms with Crippen molar-refractivity contribution >= 4 is 33.5 Å². The van der Waals surface area contributed by atoms with Gasteiger partial charge in [-0.15, -0.1) is 0 Å². The maximum Gasteiger partial charge on any atom is 0.261 e. The van der Waals surface area contributed by atoms with Gasteiger partial charge in [0.2, 0.25) is 5.91 Å². The third kappa shape index (κ3) is 4.12. The first kappa shape index (κ1) is 20.3. The number of nitrogens with one attached hydrogen (secondary N) is 2. The van der Waals surface area contributed by atoms with Crippen LogP contribution in [0.15, 0.2) is 47.3 Å². The SMILES string of the molecule is Cc1nc2ccccc2c(=O)n1CC(=O)Nc1ccc2nc(CN3CCOCC3)[nH]c2c1. The Morgan fingerprint density at radius 3 is 2.78 bits per heavy atom. The molecule has 2 aromatic heterocycles. The van der Waals surface area contributed by atoms with Gasteiger partial charge in [-0.05, 0) is 37.3 Å². The lowest BCUT2D eigenvalue weighted by Crippen LogP contribution is -2.35. The van der Waals surface area contributed by atoms with Crippen LogP contribution in [-0.2, 0) is 22.6 Å². The molecule has 1 aliphatic heterocycles. The molecule has 9 nitrogen and oxygen atoms in total. The maximum atomic E-state index is 12.8. The van der Waals surface area contributed by atoms with Gasteiger partial charge >= 0.3 is 0 Å². The monoisotopic (exact) mass is 432 g/mol. The van der Waals surface area contributed by atoms with Gasteiger partial charge in [0.05, 0.1) is 41.7 Å². The van der Waals surface area contributed by atoms with Gasteiger partial charge in [0.1, 0.15) is 18.2 Å². The second-order valence-corrected chi connectivity index (χ2v) is 7.92. The van der Waals surface area contributed by atoms with Crippen LogP contribution in [0.1, 0.15) is 11.6 Å². The summed E-state index contributed by atoms with van der Waals surface area (Å²) in [6.07, 6.45) is 0. The first-order chi connectivity index (χ1) is 15.6. The summed E-state index contributed by atoms with van der Waals surface area (Å²) in [6.45, 7) is 5.62. The minimum Gasteiger partial charge on any atom is -0.379 e. The van der Waals surface area contributed by atoms with Crippen molar-refractivity contribution < 1.29 is 9.53 Å². The molecule has 0 atom stereocenters. The molecule has 5 rings (SSSR count). The quantitative estimate of drug-likeness (QED) is 0.500. The summed E-state index contributed by atoms with van der Waals surface area (Å²) in [5, 5.41) is 3.37. The maximum absolute atomic E-state index is 12.8.